The molecule has 5 heteroatoms. The lowest BCUT2D eigenvalue weighted by Crippen LogP contribution is -2.39. The van der Waals surface area contributed by atoms with Crippen LogP contribution in [0.4, 0.5) is 0 Å². The number of hydrogen-bond donors (Lipinski definition) is 3. The molecule has 0 aromatic rings. The van der Waals surface area contributed by atoms with E-state index >= 15 is 0 Å². The monoisotopic (exact) mass is 178 g/mol. The van der Waals surface area contributed by atoms with Gasteiger partial charge in [0.15, 0.2) is 6.29 Å². The van der Waals surface area contributed by atoms with Gasteiger partial charge in [0.05, 0.1) is 6.10 Å². The summed E-state index contributed by atoms with van der Waals surface area (Å²) in [6.07, 6.45) is -4.47. The van der Waals surface area contributed by atoms with Gasteiger partial charge in [-0.15, -0.1) is 0 Å². The summed E-state index contributed by atoms with van der Waals surface area (Å²) in [5.41, 5.74) is 0. The maximum absolute atomic E-state index is 9.27. The summed E-state index contributed by atoms with van der Waals surface area (Å²) in [6, 6.07) is 0. The molecule has 0 bridgehead atoms. The lowest BCUT2D eigenvalue weighted by molar-refractivity contribution is -0.143. The van der Waals surface area contributed by atoms with Crippen LogP contribution in [0.2, 0.25) is 0 Å². The Hall–Kier alpha value is -0.200. The Kier molecular flexibility index (Phi) is 3.03. The molecule has 1 heterocycles. The van der Waals surface area contributed by atoms with E-state index in [0.717, 1.165) is 0 Å². The molecule has 1 fully saturated rings. The van der Waals surface area contributed by atoms with Gasteiger partial charge in [-0.2, -0.15) is 0 Å². The summed E-state index contributed by atoms with van der Waals surface area (Å²) in [4.78, 5) is 0. The molecule has 4 unspecified atom stereocenters. The second-order valence-electron chi connectivity index (χ2n) is 2.92. The molecule has 0 saturated carbocycles. The highest BCUT2D eigenvalue weighted by Crippen LogP contribution is 2.24. The third-order valence-corrected chi connectivity index (χ3v) is 2.00. The van der Waals surface area contributed by atoms with Crippen LogP contribution in [0.25, 0.3) is 0 Å². The molecule has 5 nitrogen and oxygen atoms in total. The summed E-state index contributed by atoms with van der Waals surface area (Å²) in [6.45, 7) is 1.52. The zero-order valence-corrected chi connectivity index (χ0v) is 7.04. The van der Waals surface area contributed by atoms with Crippen molar-refractivity contribution < 1.29 is 24.8 Å². The van der Waals surface area contributed by atoms with Gasteiger partial charge in [0.1, 0.15) is 18.3 Å². The zero-order valence-electron chi connectivity index (χ0n) is 7.04. The predicted molar refractivity (Wildman–Crippen MR) is 39.4 cm³/mol. The lowest BCUT2D eigenvalue weighted by atomic mass is 10.1. The first-order valence-corrected chi connectivity index (χ1v) is 3.80. The normalized spacial score (nSPS) is 44.8. The third-order valence-electron chi connectivity index (χ3n) is 2.00. The minimum Gasteiger partial charge on any atom is -0.391 e. The fourth-order valence-corrected chi connectivity index (χ4v) is 1.34. The molecular weight excluding hydrogens is 164 g/mol. The molecule has 3 N–H and O–H groups in total. The van der Waals surface area contributed by atoms with Crippen LogP contribution >= 0.6 is 0 Å². The molecule has 0 aromatic heterocycles. The minimum atomic E-state index is -1.27. The Bertz CT molecular complexity index is 149. The average Bonchev–Trinajstić information content (AvgIpc) is 2.29. The minimum absolute atomic E-state index is 0.667. The van der Waals surface area contributed by atoms with Gasteiger partial charge >= 0.3 is 0 Å². The van der Waals surface area contributed by atoms with Crippen LogP contribution < -0.4 is 0 Å². The maximum atomic E-state index is 9.27. The number of aliphatic hydroxyl groups excluding tert-OH is 3. The predicted octanol–water partition coefficient (Wildman–Crippen LogP) is -1.54. The molecular formula is C7H14O5. The van der Waals surface area contributed by atoms with Crippen molar-refractivity contribution in [1.29, 1.82) is 0 Å². The van der Waals surface area contributed by atoms with E-state index in [0.29, 0.717) is 0 Å². The molecule has 0 spiro atoms. The highest BCUT2D eigenvalue weighted by atomic mass is 16.7. The SMILES string of the molecule is COC1C(O)C(O)O[C@@H]1C(C)O. The number of methoxy groups -OCH3 is 1. The Morgan fingerprint density at radius 3 is 2.33 bits per heavy atom. The van der Waals surface area contributed by atoms with Gasteiger partial charge in [-0.1, -0.05) is 0 Å². The van der Waals surface area contributed by atoms with Gasteiger partial charge in [0.25, 0.3) is 0 Å². The van der Waals surface area contributed by atoms with Crippen LogP contribution in [0, 0.1) is 0 Å². The molecule has 0 radical (unpaired) electrons. The molecule has 1 saturated heterocycles. The Morgan fingerprint density at radius 2 is 2.00 bits per heavy atom. The van der Waals surface area contributed by atoms with Crippen molar-refractivity contribution in [3.63, 3.8) is 0 Å². The molecule has 0 aromatic carbocycles. The van der Waals surface area contributed by atoms with E-state index in [-0.39, 0.29) is 0 Å². The Morgan fingerprint density at radius 1 is 1.42 bits per heavy atom. The van der Waals surface area contributed by atoms with E-state index in [9.17, 15) is 5.11 Å². The van der Waals surface area contributed by atoms with Gasteiger partial charge in [-0.25, -0.2) is 0 Å². The zero-order chi connectivity index (χ0) is 9.30. The first-order chi connectivity index (χ1) is 5.57. The van der Waals surface area contributed by atoms with Gasteiger partial charge in [-0.05, 0) is 6.92 Å². The number of rotatable bonds is 2. The number of hydrogen-bond acceptors (Lipinski definition) is 5. The molecule has 72 valence electrons. The van der Waals surface area contributed by atoms with E-state index in [2.05, 4.69) is 0 Å². The fraction of sp³-hybridized carbons (Fsp3) is 1.00. The van der Waals surface area contributed by atoms with Crippen molar-refractivity contribution in [3.8, 4) is 0 Å². The average molecular weight is 178 g/mol. The summed E-state index contributed by atoms with van der Waals surface area (Å²) >= 11 is 0. The Balaban J connectivity index is 2.65. The van der Waals surface area contributed by atoms with E-state index in [1.807, 2.05) is 0 Å². The van der Waals surface area contributed by atoms with Crippen molar-refractivity contribution in [2.45, 2.75) is 37.6 Å². The van der Waals surface area contributed by atoms with E-state index in [1.165, 1.54) is 14.0 Å². The molecule has 1 rings (SSSR count). The van der Waals surface area contributed by atoms with Gasteiger partial charge in [0, 0.05) is 7.11 Å². The van der Waals surface area contributed by atoms with Crippen molar-refractivity contribution >= 4 is 0 Å². The van der Waals surface area contributed by atoms with Crippen LogP contribution in [0.5, 0.6) is 0 Å². The number of aliphatic hydroxyl groups is 3. The van der Waals surface area contributed by atoms with E-state index in [4.69, 9.17) is 19.7 Å². The third kappa shape index (κ3) is 1.60. The molecule has 0 amide bonds. The first-order valence-electron chi connectivity index (χ1n) is 3.80. The smallest absolute Gasteiger partial charge is 0.184 e. The highest BCUT2D eigenvalue weighted by Gasteiger charge is 2.45. The van der Waals surface area contributed by atoms with E-state index in [1.54, 1.807) is 0 Å². The fourth-order valence-electron chi connectivity index (χ4n) is 1.34. The largest absolute Gasteiger partial charge is 0.391 e. The topological polar surface area (TPSA) is 79.2 Å². The van der Waals surface area contributed by atoms with Gasteiger partial charge < -0.3 is 24.8 Å². The van der Waals surface area contributed by atoms with Crippen molar-refractivity contribution in [3.05, 3.63) is 0 Å². The summed E-state index contributed by atoms with van der Waals surface area (Å²) in [7, 11) is 1.39. The van der Waals surface area contributed by atoms with Crippen LogP contribution in [-0.2, 0) is 9.47 Å². The summed E-state index contributed by atoms with van der Waals surface area (Å²) in [5.74, 6) is 0. The van der Waals surface area contributed by atoms with Gasteiger partial charge in [0.2, 0.25) is 0 Å². The first kappa shape index (κ1) is 9.88. The molecule has 5 atom stereocenters. The lowest BCUT2D eigenvalue weighted by Gasteiger charge is -2.20. The maximum Gasteiger partial charge on any atom is 0.184 e. The second-order valence-corrected chi connectivity index (χ2v) is 2.92. The highest BCUT2D eigenvalue weighted by molar-refractivity contribution is 4.89. The van der Waals surface area contributed by atoms with Crippen LogP contribution in [0.15, 0.2) is 0 Å². The number of ether oxygens (including phenoxy) is 2. The second kappa shape index (κ2) is 3.68. The molecule has 0 aliphatic carbocycles. The Labute approximate surface area is 70.5 Å². The van der Waals surface area contributed by atoms with Crippen molar-refractivity contribution in [2.24, 2.45) is 0 Å². The van der Waals surface area contributed by atoms with Crippen LogP contribution in [0.1, 0.15) is 6.92 Å². The van der Waals surface area contributed by atoms with E-state index < -0.39 is 30.7 Å². The van der Waals surface area contributed by atoms with Gasteiger partial charge in [-0.3, -0.25) is 0 Å². The summed E-state index contributed by atoms with van der Waals surface area (Å²) in [5, 5.41) is 27.5. The van der Waals surface area contributed by atoms with Crippen LogP contribution in [-0.4, -0.2) is 53.1 Å². The van der Waals surface area contributed by atoms with Crippen molar-refractivity contribution in [2.75, 3.05) is 7.11 Å². The standard InChI is InChI=1S/C7H14O5/c1-3(8)5-6(11-2)4(9)7(10)12-5/h3-10H,1-2H3/t3?,4?,5-,6?,7?/m1/s1. The molecule has 1 aliphatic rings. The molecule has 12 heavy (non-hydrogen) atoms. The van der Waals surface area contributed by atoms with Crippen molar-refractivity contribution in [1.82, 2.24) is 0 Å². The quantitative estimate of drug-likeness (QED) is 0.477. The summed E-state index contributed by atoms with van der Waals surface area (Å²) < 4.78 is 9.74. The van der Waals surface area contributed by atoms with Crippen LogP contribution in [0.3, 0.4) is 0 Å². The molecule has 1 aliphatic heterocycles.